The molecule has 134 valence electrons. The van der Waals surface area contributed by atoms with Crippen LogP contribution in [0.15, 0.2) is 78.1 Å². The second-order valence-corrected chi connectivity index (χ2v) is 7.35. The predicted molar refractivity (Wildman–Crippen MR) is 110 cm³/mol. The summed E-state index contributed by atoms with van der Waals surface area (Å²) < 4.78 is 2.09. The van der Waals surface area contributed by atoms with Gasteiger partial charge in [-0.3, -0.25) is 9.55 Å². The monoisotopic (exact) mass is 372 g/mol. The molecule has 4 aromatic rings. The molecule has 4 rings (SSSR count). The molecular weight excluding hydrogens is 352 g/mol. The van der Waals surface area contributed by atoms with E-state index in [9.17, 15) is 0 Å². The summed E-state index contributed by atoms with van der Waals surface area (Å²) in [6.45, 7) is 4.23. The maximum absolute atomic E-state index is 4.47. The van der Waals surface area contributed by atoms with Gasteiger partial charge in [-0.1, -0.05) is 59.8 Å². The Morgan fingerprint density at radius 2 is 1.63 bits per heavy atom. The molecule has 0 amide bonds. The molecule has 2 aromatic carbocycles. The lowest BCUT2D eigenvalue weighted by molar-refractivity contribution is 0.884. The SMILES string of the molecule is Cc1ccc(-n2c(SCc3ccccc3C)nnc2-c2ccccn2)cc1. The number of benzene rings is 2. The molecule has 0 aliphatic rings. The third kappa shape index (κ3) is 3.78. The van der Waals surface area contributed by atoms with Crippen LogP contribution in [0.3, 0.4) is 0 Å². The third-order valence-electron chi connectivity index (χ3n) is 4.44. The predicted octanol–water partition coefficient (Wildman–Crippen LogP) is 5.24. The number of hydrogen-bond donors (Lipinski definition) is 0. The highest BCUT2D eigenvalue weighted by Crippen LogP contribution is 2.29. The van der Waals surface area contributed by atoms with E-state index in [1.54, 1.807) is 18.0 Å². The first-order valence-electron chi connectivity index (χ1n) is 8.83. The number of nitrogens with zero attached hydrogens (tertiary/aromatic N) is 4. The summed E-state index contributed by atoms with van der Waals surface area (Å²) in [6.07, 6.45) is 1.78. The molecule has 5 heteroatoms. The smallest absolute Gasteiger partial charge is 0.196 e. The molecular formula is C22H20N4S. The van der Waals surface area contributed by atoms with Crippen molar-refractivity contribution in [3.8, 4) is 17.2 Å². The van der Waals surface area contributed by atoms with Crippen LogP contribution in [-0.2, 0) is 5.75 Å². The summed E-state index contributed by atoms with van der Waals surface area (Å²) in [7, 11) is 0. The van der Waals surface area contributed by atoms with E-state index in [2.05, 4.69) is 82.1 Å². The summed E-state index contributed by atoms with van der Waals surface area (Å²) >= 11 is 1.69. The van der Waals surface area contributed by atoms with Gasteiger partial charge in [0.1, 0.15) is 5.69 Å². The van der Waals surface area contributed by atoms with E-state index in [0.717, 1.165) is 28.1 Å². The Labute approximate surface area is 163 Å². The molecule has 2 aromatic heterocycles. The number of pyridine rings is 1. The molecule has 0 fully saturated rings. The molecule has 0 N–H and O–H groups in total. The largest absolute Gasteiger partial charge is 0.269 e. The van der Waals surface area contributed by atoms with Gasteiger partial charge in [0.15, 0.2) is 11.0 Å². The molecule has 27 heavy (non-hydrogen) atoms. The molecule has 0 bridgehead atoms. The fourth-order valence-electron chi connectivity index (χ4n) is 2.87. The van der Waals surface area contributed by atoms with E-state index in [1.807, 2.05) is 18.2 Å². The first-order chi connectivity index (χ1) is 13.2. The van der Waals surface area contributed by atoms with Gasteiger partial charge in [-0.15, -0.1) is 10.2 Å². The Morgan fingerprint density at radius 3 is 2.37 bits per heavy atom. The average molecular weight is 372 g/mol. The Hall–Kier alpha value is -2.92. The van der Waals surface area contributed by atoms with Crippen LogP contribution in [-0.4, -0.2) is 19.7 Å². The van der Waals surface area contributed by atoms with E-state index in [-0.39, 0.29) is 0 Å². The highest BCUT2D eigenvalue weighted by Gasteiger charge is 2.17. The van der Waals surface area contributed by atoms with E-state index in [1.165, 1.54) is 16.7 Å². The van der Waals surface area contributed by atoms with Crippen LogP contribution < -0.4 is 0 Å². The van der Waals surface area contributed by atoms with E-state index in [4.69, 9.17) is 0 Å². The van der Waals surface area contributed by atoms with Crippen LogP contribution in [0.1, 0.15) is 16.7 Å². The summed E-state index contributed by atoms with van der Waals surface area (Å²) in [6, 6.07) is 22.7. The molecule has 0 saturated carbocycles. The van der Waals surface area contributed by atoms with Gasteiger partial charge in [0.25, 0.3) is 0 Å². The summed E-state index contributed by atoms with van der Waals surface area (Å²) in [5.41, 5.74) is 5.67. The molecule has 0 radical (unpaired) electrons. The minimum absolute atomic E-state index is 0.756. The molecule has 0 atom stereocenters. The van der Waals surface area contributed by atoms with Crippen molar-refractivity contribution >= 4 is 11.8 Å². The lowest BCUT2D eigenvalue weighted by atomic mass is 10.1. The Balaban J connectivity index is 1.74. The highest BCUT2D eigenvalue weighted by molar-refractivity contribution is 7.98. The molecule has 0 unspecified atom stereocenters. The second-order valence-electron chi connectivity index (χ2n) is 6.41. The zero-order chi connectivity index (χ0) is 18.6. The number of aromatic nitrogens is 4. The van der Waals surface area contributed by atoms with Crippen molar-refractivity contribution in [3.63, 3.8) is 0 Å². The van der Waals surface area contributed by atoms with Gasteiger partial charge in [0.05, 0.1) is 0 Å². The number of hydrogen-bond acceptors (Lipinski definition) is 4. The quantitative estimate of drug-likeness (QED) is 0.450. The number of aryl methyl sites for hydroxylation is 2. The maximum Gasteiger partial charge on any atom is 0.196 e. The van der Waals surface area contributed by atoms with Crippen molar-refractivity contribution in [1.82, 2.24) is 19.7 Å². The maximum atomic E-state index is 4.47. The Kier molecular flexibility index (Phi) is 5.03. The van der Waals surface area contributed by atoms with Crippen molar-refractivity contribution in [2.45, 2.75) is 24.8 Å². The standard InChI is InChI=1S/C22H20N4S/c1-16-10-12-19(13-11-16)26-21(20-9-5-6-14-23-20)24-25-22(26)27-15-18-8-4-3-7-17(18)2/h3-14H,15H2,1-2H3. The van der Waals surface area contributed by atoms with Gasteiger partial charge in [0.2, 0.25) is 0 Å². The van der Waals surface area contributed by atoms with Crippen molar-refractivity contribution in [1.29, 1.82) is 0 Å². The Morgan fingerprint density at radius 1 is 0.852 bits per heavy atom. The third-order valence-corrected chi connectivity index (χ3v) is 5.42. The lowest BCUT2D eigenvalue weighted by Crippen LogP contribution is -2.01. The van der Waals surface area contributed by atoms with Crippen LogP contribution >= 0.6 is 11.8 Å². The van der Waals surface area contributed by atoms with Gasteiger partial charge in [-0.2, -0.15) is 0 Å². The molecule has 2 heterocycles. The van der Waals surface area contributed by atoms with E-state index < -0.39 is 0 Å². The minimum Gasteiger partial charge on any atom is -0.269 e. The topological polar surface area (TPSA) is 43.6 Å². The minimum atomic E-state index is 0.756. The second kappa shape index (κ2) is 7.76. The number of rotatable bonds is 5. The molecule has 4 nitrogen and oxygen atoms in total. The average Bonchev–Trinajstić information content (AvgIpc) is 3.12. The van der Waals surface area contributed by atoms with Crippen molar-refractivity contribution < 1.29 is 0 Å². The van der Waals surface area contributed by atoms with Crippen LogP contribution in [0.4, 0.5) is 0 Å². The summed E-state index contributed by atoms with van der Waals surface area (Å²) in [4.78, 5) is 4.47. The first-order valence-corrected chi connectivity index (χ1v) is 9.82. The Bertz CT molecular complexity index is 1040. The summed E-state index contributed by atoms with van der Waals surface area (Å²) in [5.74, 6) is 1.60. The van der Waals surface area contributed by atoms with Crippen LogP contribution in [0.25, 0.3) is 17.2 Å². The highest BCUT2D eigenvalue weighted by atomic mass is 32.2. The van der Waals surface area contributed by atoms with E-state index in [0.29, 0.717) is 0 Å². The van der Waals surface area contributed by atoms with Crippen molar-refractivity contribution in [2.24, 2.45) is 0 Å². The zero-order valence-electron chi connectivity index (χ0n) is 15.3. The van der Waals surface area contributed by atoms with Gasteiger partial charge >= 0.3 is 0 Å². The van der Waals surface area contributed by atoms with Gasteiger partial charge in [0, 0.05) is 17.6 Å². The fourth-order valence-corrected chi connectivity index (χ4v) is 3.89. The molecule has 0 aliphatic carbocycles. The van der Waals surface area contributed by atoms with Crippen molar-refractivity contribution in [3.05, 3.63) is 89.6 Å². The van der Waals surface area contributed by atoms with Gasteiger partial charge < -0.3 is 0 Å². The molecule has 0 aliphatic heterocycles. The first kappa shape index (κ1) is 17.5. The molecule has 0 saturated heterocycles. The molecule has 0 spiro atoms. The van der Waals surface area contributed by atoms with E-state index >= 15 is 0 Å². The van der Waals surface area contributed by atoms with Crippen molar-refractivity contribution in [2.75, 3.05) is 0 Å². The number of thioether (sulfide) groups is 1. The lowest BCUT2D eigenvalue weighted by Gasteiger charge is -2.11. The normalized spacial score (nSPS) is 10.9. The zero-order valence-corrected chi connectivity index (χ0v) is 16.1. The van der Waals surface area contributed by atoms with Crippen LogP contribution in [0.5, 0.6) is 0 Å². The fraction of sp³-hybridized carbons (Fsp3) is 0.136. The van der Waals surface area contributed by atoms with Gasteiger partial charge in [-0.05, 0) is 49.2 Å². The van der Waals surface area contributed by atoms with Crippen LogP contribution in [0.2, 0.25) is 0 Å². The van der Waals surface area contributed by atoms with Gasteiger partial charge in [-0.25, -0.2) is 0 Å². The van der Waals surface area contributed by atoms with Crippen LogP contribution in [0, 0.1) is 13.8 Å². The summed E-state index contributed by atoms with van der Waals surface area (Å²) in [5, 5.41) is 9.79.